The fraction of sp³-hybridized carbons (Fsp3) is 0.273. The van der Waals surface area contributed by atoms with Crippen LogP contribution in [0.15, 0.2) is 38.8 Å². The molecular formula is C11H12O2S3. The van der Waals surface area contributed by atoms with Gasteiger partial charge in [-0.1, -0.05) is 17.7 Å². The fourth-order valence-electron chi connectivity index (χ4n) is 1.32. The molecule has 0 atom stereocenters. The first-order valence-corrected chi connectivity index (χ1v) is 8.39. The third-order valence-corrected chi connectivity index (χ3v) is 6.53. The molecule has 0 spiro atoms. The lowest BCUT2D eigenvalue weighted by Crippen LogP contribution is -1.96. The summed E-state index contributed by atoms with van der Waals surface area (Å²) in [6.45, 7) is 1.94. The Hall–Kier alpha value is -0.390. The predicted octanol–water partition coefficient (Wildman–Crippen LogP) is 3.05. The van der Waals surface area contributed by atoms with E-state index in [4.69, 9.17) is 0 Å². The summed E-state index contributed by atoms with van der Waals surface area (Å²) in [6, 6.07) is 6.96. The lowest BCUT2D eigenvalue weighted by Gasteiger charge is -2.00. The van der Waals surface area contributed by atoms with E-state index in [9.17, 15) is 8.42 Å². The first kappa shape index (κ1) is 12.1. The smallest absolute Gasteiger partial charge is 0.201 e. The average Bonchev–Trinajstić information content (AvgIpc) is 2.70. The molecule has 86 valence electrons. The zero-order chi connectivity index (χ0) is 11.6. The minimum atomic E-state index is -3.26. The highest BCUT2D eigenvalue weighted by Crippen LogP contribution is 2.37. The van der Waals surface area contributed by atoms with E-state index in [-0.39, 0.29) is 0 Å². The second-order valence-electron chi connectivity index (χ2n) is 3.49. The van der Waals surface area contributed by atoms with Crippen LogP contribution in [0.25, 0.3) is 0 Å². The number of rotatable bonds is 2. The van der Waals surface area contributed by atoms with Crippen LogP contribution in [0.1, 0.15) is 5.56 Å². The molecular weight excluding hydrogens is 260 g/mol. The Morgan fingerprint density at radius 3 is 2.25 bits per heavy atom. The molecule has 1 aromatic carbocycles. The Morgan fingerprint density at radius 1 is 1.12 bits per heavy atom. The van der Waals surface area contributed by atoms with Crippen molar-refractivity contribution in [1.82, 2.24) is 0 Å². The molecule has 0 radical (unpaired) electrons. The summed E-state index contributed by atoms with van der Waals surface area (Å²) in [5.41, 5.74) is 1.07. The quantitative estimate of drug-likeness (QED) is 0.828. The summed E-state index contributed by atoms with van der Waals surface area (Å²) in [7, 11) is -3.26. The van der Waals surface area contributed by atoms with Gasteiger partial charge >= 0.3 is 0 Å². The highest BCUT2D eigenvalue weighted by Gasteiger charge is 2.16. The zero-order valence-electron chi connectivity index (χ0n) is 8.84. The summed E-state index contributed by atoms with van der Waals surface area (Å²) in [5, 5.41) is 1.39. The van der Waals surface area contributed by atoms with Gasteiger partial charge in [-0.25, -0.2) is 8.42 Å². The van der Waals surface area contributed by atoms with Crippen LogP contribution in [0, 0.1) is 6.92 Å². The summed E-state index contributed by atoms with van der Waals surface area (Å²) in [5.74, 6) is 2.00. The first-order valence-electron chi connectivity index (χ1n) is 4.87. The minimum Gasteiger partial charge on any atom is -0.219 e. The van der Waals surface area contributed by atoms with Crippen molar-refractivity contribution in [3.05, 3.63) is 39.5 Å². The van der Waals surface area contributed by atoms with Crippen molar-refractivity contribution in [2.45, 2.75) is 11.8 Å². The van der Waals surface area contributed by atoms with Gasteiger partial charge in [-0.05, 0) is 19.1 Å². The molecule has 16 heavy (non-hydrogen) atoms. The van der Waals surface area contributed by atoms with Gasteiger partial charge in [0, 0.05) is 11.5 Å². The van der Waals surface area contributed by atoms with Gasteiger partial charge in [-0.3, -0.25) is 0 Å². The lowest BCUT2D eigenvalue weighted by molar-refractivity contribution is 0.604. The van der Waals surface area contributed by atoms with E-state index in [0.29, 0.717) is 4.90 Å². The Balaban J connectivity index is 2.31. The number of sulfone groups is 1. The molecule has 1 saturated heterocycles. The Bertz CT molecular complexity index is 493. The number of hydrogen-bond acceptors (Lipinski definition) is 4. The van der Waals surface area contributed by atoms with Gasteiger partial charge in [0.15, 0.2) is 0 Å². The van der Waals surface area contributed by atoms with E-state index in [1.165, 1.54) is 5.41 Å². The number of thioether (sulfide) groups is 2. The van der Waals surface area contributed by atoms with Crippen molar-refractivity contribution in [2.75, 3.05) is 11.5 Å². The molecule has 1 aliphatic rings. The third kappa shape index (κ3) is 2.84. The van der Waals surface area contributed by atoms with E-state index >= 15 is 0 Å². The zero-order valence-corrected chi connectivity index (χ0v) is 11.3. The van der Waals surface area contributed by atoms with E-state index in [0.717, 1.165) is 21.3 Å². The van der Waals surface area contributed by atoms with Crippen LogP contribution in [0.2, 0.25) is 0 Å². The van der Waals surface area contributed by atoms with Crippen LogP contribution < -0.4 is 0 Å². The summed E-state index contributed by atoms with van der Waals surface area (Å²) in [4.78, 5) is 0.374. The molecule has 0 aromatic heterocycles. The van der Waals surface area contributed by atoms with Crippen molar-refractivity contribution in [3.63, 3.8) is 0 Å². The Labute approximate surface area is 104 Å². The monoisotopic (exact) mass is 272 g/mol. The van der Waals surface area contributed by atoms with Crippen molar-refractivity contribution >= 4 is 33.4 Å². The number of aryl methyl sites for hydroxylation is 1. The van der Waals surface area contributed by atoms with E-state index in [2.05, 4.69) is 0 Å². The summed E-state index contributed by atoms with van der Waals surface area (Å²) < 4.78 is 24.9. The van der Waals surface area contributed by atoms with Crippen LogP contribution in [-0.4, -0.2) is 19.9 Å². The van der Waals surface area contributed by atoms with Crippen molar-refractivity contribution in [1.29, 1.82) is 0 Å². The van der Waals surface area contributed by atoms with Crippen molar-refractivity contribution in [2.24, 2.45) is 0 Å². The van der Waals surface area contributed by atoms with Crippen molar-refractivity contribution in [3.8, 4) is 0 Å². The van der Waals surface area contributed by atoms with Crippen LogP contribution in [0.5, 0.6) is 0 Å². The van der Waals surface area contributed by atoms with Gasteiger partial charge in [0.1, 0.15) is 0 Å². The molecule has 0 N–H and O–H groups in total. The maximum Gasteiger partial charge on any atom is 0.201 e. The standard InChI is InChI=1S/C11H12O2S3/c1-9-2-4-10(5-3-9)16(12,13)8-11-14-6-7-15-11/h2-5,8H,6-7H2,1H3. The van der Waals surface area contributed by atoms with E-state index < -0.39 is 9.84 Å². The summed E-state index contributed by atoms with van der Waals surface area (Å²) >= 11 is 3.22. The van der Waals surface area contributed by atoms with Crippen LogP contribution >= 0.6 is 23.5 Å². The maximum absolute atomic E-state index is 12.0. The molecule has 0 unspecified atom stereocenters. The number of hydrogen-bond donors (Lipinski definition) is 0. The van der Waals surface area contributed by atoms with Gasteiger partial charge in [0.2, 0.25) is 9.84 Å². The van der Waals surface area contributed by atoms with Crippen LogP contribution in [-0.2, 0) is 9.84 Å². The fourth-order valence-corrected chi connectivity index (χ4v) is 5.43. The average molecular weight is 272 g/mol. The molecule has 5 heteroatoms. The second-order valence-corrected chi connectivity index (χ2v) is 7.82. The van der Waals surface area contributed by atoms with Crippen LogP contribution in [0.4, 0.5) is 0 Å². The molecule has 0 saturated carbocycles. The van der Waals surface area contributed by atoms with Gasteiger partial charge in [0.25, 0.3) is 0 Å². The van der Waals surface area contributed by atoms with Crippen LogP contribution in [0.3, 0.4) is 0 Å². The van der Waals surface area contributed by atoms with E-state index in [1.807, 2.05) is 19.1 Å². The van der Waals surface area contributed by atoms with Gasteiger partial charge in [0.05, 0.1) is 14.5 Å². The topological polar surface area (TPSA) is 34.1 Å². The molecule has 1 heterocycles. The minimum absolute atomic E-state index is 0.374. The Kier molecular flexibility index (Phi) is 3.66. The molecule has 1 aliphatic heterocycles. The lowest BCUT2D eigenvalue weighted by atomic mass is 10.2. The van der Waals surface area contributed by atoms with Gasteiger partial charge in [-0.2, -0.15) is 0 Å². The van der Waals surface area contributed by atoms with E-state index in [1.54, 1.807) is 35.7 Å². The molecule has 0 aliphatic carbocycles. The molecule has 2 nitrogen and oxygen atoms in total. The largest absolute Gasteiger partial charge is 0.219 e. The third-order valence-electron chi connectivity index (χ3n) is 2.17. The van der Waals surface area contributed by atoms with Gasteiger partial charge in [-0.15, -0.1) is 23.5 Å². The Morgan fingerprint density at radius 2 is 1.69 bits per heavy atom. The molecule has 1 aromatic rings. The van der Waals surface area contributed by atoms with Gasteiger partial charge < -0.3 is 0 Å². The maximum atomic E-state index is 12.0. The highest BCUT2D eigenvalue weighted by molar-refractivity contribution is 8.25. The molecule has 0 amide bonds. The number of benzene rings is 1. The molecule has 1 fully saturated rings. The second kappa shape index (κ2) is 4.85. The SMILES string of the molecule is Cc1ccc(S(=O)(=O)C=C2SCCS2)cc1. The van der Waals surface area contributed by atoms with Crippen molar-refractivity contribution < 1.29 is 8.42 Å². The summed E-state index contributed by atoms with van der Waals surface area (Å²) in [6.07, 6.45) is 0. The molecule has 0 bridgehead atoms. The first-order chi connectivity index (χ1) is 7.58. The normalized spacial score (nSPS) is 16.4. The highest BCUT2D eigenvalue weighted by atomic mass is 32.2. The molecule has 2 rings (SSSR count). The predicted molar refractivity (Wildman–Crippen MR) is 71.4 cm³/mol.